The van der Waals surface area contributed by atoms with Crippen LogP contribution in [0.4, 0.5) is 0 Å². The fraction of sp³-hybridized carbons (Fsp3) is 0.917. The van der Waals surface area contributed by atoms with Gasteiger partial charge < -0.3 is 14.2 Å². The fourth-order valence-electron chi connectivity index (χ4n) is 5.48. The van der Waals surface area contributed by atoms with E-state index in [1.807, 2.05) is 0 Å². The Labute approximate surface area is 172 Å². The zero-order chi connectivity index (χ0) is 20.0. The predicted molar refractivity (Wildman–Crippen MR) is 113 cm³/mol. The molecule has 4 heteroatoms. The minimum atomic E-state index is -0.311. The summed E-state index contributed by atoms with van der Waals surface area (Å²) in [6.45, 7) is 11.4. The van der Waals surface area contributed by atoms with E-state index in [4.69, 9.17) is 20.6 Å². The van der Waals surface area contributed by atoms with Crippen molar-refractivity contribution in [2.45, 2.75) is 96.6 Å². The van der Waals surface area contributed by atoms with Crippen molar-refractivity contribution in [3.63, 3.8) is 0 Å². The predicted octanol–water partition coefficient (Wildman–Crippen LogP) is 4.62. The van der Waals surface area contributed by atoms with Crippen LogP contribution in [0.25, 0.3) is 0 Å². The molecule has 4 nitrogen and oxygen atoms in total. The van der Waals surface area contributed by atoms with E-state index in [0.717, 1.165) is 57.9 Å². The molecule has 2 heterocycles. The summed E-state index contributed by atoms with van der Waals surface area (Å²) in [5.41, 5.74) is 0.437. The number of rotatable bonds is 9. The van der Waals surface area contributed by atoms with E-state index < -0.39 is 0 Å². The van der Waals surface area contributed by atoms with E-state index in [2.05, 4.69) is 31.6 Å². The van der Waals surface area contributed by atoms with Crippen LogP contribution in [0.3, 0.4) is 0 Å². The highest BCUT2D eigenvalue weighted by atomic mass is 16.7. The van der Waals surface area contributed by atoms with E-state index in [1.54, 1.807) is 0 Å². The first kappa shape index (κ1) is 22.1. The second kappa shape index (κ2) is 9.94. The second-order valence-electron chi connectivity index (χ2n) is 9.84. The molecule has 1 aliphatic carbocycles. The van der Waals surface area contributed by atoms with Gasteiger partial charge in [-0.3, -0.25) is 4.90 Å². The maximum absolute atomic E-state index is 6.48. The molecule has 3 fully saturated rings. The average Bonchev–Trinajstić information content (AvgIpc) is 3.31. The molecule has 0 bridgehead atoms. The van der Waals surface area contributed by atoms with Gasteiger partial charge in [0.15, 0.2) is 5.79 Å². The number of nitrogens with zero attached hydrogens (tertiary/aromatic N) is 1. The van der Waals surface area contributed by atoms with Crippen molar-refractivity contribution in [1.29, 1.82) is 0 Å². The standard InChI is InChI=1S/C24H41NO3/c1-5-12-23(3,4)20-9-13-24(14-10-20)27-19-22(28-24)11-16-25(15-6-2)18-21-8-7-17-26-21/h2,20-22H,5,7-19H2,1,3-4H3. The third-order valence-corrected chi connectivity index (χ3v) is 7.23. The van der Waals surface area contributed by atoms with E-state index in [1.165, 1.54) is 32.1 Å². The molecule has 0 N–H and O–H groups in total. The van der Waals surface area contributed by atoms with Crippen LogP contribution in [0, 0.1) is 23.7 Å². The summed E-state index contributed by atoms with van der Waals surface area (Å²) in [5, 5.41) is 0. The maximum atomic E-state index is 6.48. The zero-order valence-corrected chi connectivity index (χ0v) is 18.4. The molecule has 0 radical (unpaired) electrons. The molecular formula is C24H41NO3. The van der Waals surface area contributed by atoms with Crippen LogP contribution in [0.5, 0.6) is 0 Å². The van der Waals surface area contributed by atoms with Crippen LogP contribution >= 0.6 is 0 Å². The molecule has 2 saturated heterocycles. The topological polar surface area (TPSA) is 30.9 Å². The van der Waals surface area contributed by atoms with Crippen molar-refractivity contribution in [3.8, 4) is 12.3 Å². The third kappa shape index (κ3) is 5.72. The zero-order valence-electron chi connectivity index (χ0n) is 18.4. The highest BCUT2D eigenvalue weighted by Gasteiger charge is 2.46. The summed E-state index contributed by atoms with van der Waals surface area (Å²) < 4.78 is 18.5. The van der Waals surface area contributed by atoms with Gasteiger partial charge in [0.2, 0.25) is 0 Å². The van der Waals surface area contributed by atoms with Crippen molar-refractivity contribution in [1.82, 2.24) is 4.90 Å². The molecule has 1 saturated carbocycles. The molecule has 2 atom stereocenters. The Kier molecular flexibility index (Phi) is 7.84. The van der Waals surface area contributed by atoms with E-state index in [9.17, 15) is 0 Å². The van der Waals surface area contributed by atoms with Gasteiger partial charge in [0, 0.05) is 32.5 Å². The van der Waals surface area contributed by atoms with Crippen LogP contribution < -0.4 is 0 Å². The molecule has 2 unspecified atom stereocenters. The second-order valence-corrected chi connectivity index (χ2v) is 9.84. The third-order valence-electron chi connectivity index (χ3n) is 7.23. The lowest BCUT2D eigenvalue weighted by molar-refractivity contribution is -0.197. The Morgan fingerprint density at radius 1 is 1.18 bits per heavy atom. The minimum Gasteiger partial charge on any atom is -0.377 e. The molecule has 0 aromatic carbocycles. The molecule has 160 valence electrons. The number of ether oxygens (including phenoxy) is 3. The quantitative estimate of drug-likeness (QED) is 0.537. The summed E-state index contributed by atoms with van der Waals surface area (Å²) in [5.74, 6) is 3.28. The monoisotopic (exact) mass is 391 g/mol. The first-order chi connectivity index (χ1) is 13.5. The Hall–Kier alpha value is -0.600. The summed E-state index contributed by atoms with van der Waals surface area (Å²) in [6, 6.07) is 0. The molecule has 1 spiro atoms. The van der Waals surface area contributed by atoms with E-state index in [0.29, 0.717) is 18.1 Å². The van der Waals surface area contributed by atoms with Gasteiger partial charge in [0.25, 0.3) is 0 Å². The average molecular weight is 392 g/mol. The van der Waals surface area contributed by atoms with Gasteiger partial charge in [-0.05, 0) is 49.9 Å². The molecule has 2 aliphatic heterocycles. The Balaban J connectivity index is 1.43. The van der Waals surface area contributed by atoms with Gasteiger partial charge in [-0.1, -0.05) is 33.1 Å². The molecule has 0 aromatic heterocycles. The first-order valence-electron chi connectivity index (χ1n) is 11.6. The van der Waals surface area contributed by atoms with Gasteiger partial charge in [0.1, 0.15) is 0 Å². The molecule has 3 aliphatic rings. The minimum absolute atomic E-state index is 0.199. The normalized spacial score (nSPS) is 33.6. The Morgan fingerprint density at radius 3 is 2.61 bits per heavy atom. The SMILES string of the molecule is C#CCN(CCC1COC2(CCC(C(C)(C)CCC)CC2)O1)CC1CCCO1. The van der Waals surface area contributed by atoms with Crippen molar-refractivity contribution in [3.05, 3.63) is 0 Å². The van der Waals surface area contributed by atoms with Crippen LogP contribution in [-0.2, 0) is 14.2 Å². The largest absolute Gasteiger partial charge is 0.377 e. The van der Waals surface area contributed by atoms with Crippen molar-refractivity contribution in [2.24, 2.45) is 11.3 Å². The van der Waals surface area contributed by atoms with Crippen LogP contribution in [0.15, 0.2) is 0 Å². The van der Waals surface area contributed by atoms with Crippen molar-refractivity contribution < 1.29 is 14.2 Å². The van der Waals surface area contributed by atoms with Crippen LogP contribution in [-0.4, -0.2) is 55.7 Å². The van der Waals surface area contributed by atoms with Crippen molar-refractivity contribution in [2.75, 3.05) is 32.8 Å². The Bertz CT molecular complexity index is 512. The smallest absolute Gasteiger partial charge is 0.168 e. The van der Waals surface area contributed by atoms with E-state index >= 15 is 0 Å². The number of hydrogen-bond donors (Lipinski definition) is 0. The first-order valence-corrected chi connectivity index (χ1v) is 11.6. The maximum Gasteiger partial charge on any atom is 0.168 e. The summed E-state index contributed by atoms with van der Waals surface area (Å²) in [7, 11) is 0. The van der Waals surface area contributed by atoms with Crippen LogP contribution in [0.1, 0.15) is 78.6 Å². The summed E-state index contributed by atoms with van der Waals surface area (Å²) in [4.78, 5) is 2.34. The lowest BCUT2D eigenvalue weighted by Crippen LogP contribution is -2.40. The van der Waals surface area contributed by atoms with E-state index in [-0.39, 0.29) is 11.9 Å². The molecule has 0 amide bonds. The van der Waals surface area contributed by atoms with Gasteiger partial charge in [0.05, 0.1) is 25.4 Å². The Morgan fingerprint density at radius 2 is 1.96 bits per heavy atom. The fourth-order valence-corrected chi connectivity index (χ4v) is 5.48. The summed E-state index contributed by atoms with van der Waals surface area (Å²) >= 11 is 0. The number of terminal acetylenes is 1. The molecular weight excluding hydrogens is 350 g/mol. The molecule has 28 heavy (non-hydrogen) atoms. The van der Waals surface area contributed by atoms with Gasteiger partial charge in [-0.25, -0.2) is 0 Å². The highest BCUT2D eigenvalue weighted by Crippen LogP contribution is 2.47. The van der Waals surface area contributed by atoms with Crippen LogP contribution in [0.2, 0.25) is 0 Å². The summed E-state index contributed by atoms with van der Waals surface area (Å²) in [6.07, 6.45) is 16.6. The lowest BCUT2D eigenvalue weighted by atomic mass is 9.68. The van der Waals surface area contributed by atoms with Crippen molar-refractivity contribution >= 4 is 0 Å². The van der Waals surface area contributed by atoms with Gasteiger partial charge in [-0.15, -0.1) is 6.42 Å². The number of hydrogen-bond acceptors (Lipinski definition) is 4. The van der Waals surface area contributed by atoms with Gasteiger partial charge >= 0.3 is 0 Å². The van der Waals surface area contributed by atoms with Gasteiger partial charge in [-0.2, -0.15) is 0 Å². The lowest BCUT2D eigenvalue weighted by Gasteiger charge is -2.42. The molecule has 0 aromatic rings. The molecule has 3 rings (SSSR count). The highest BCUT2D eigenvalue weighted by molar-refractivity contribution is 4.92.